The third kappa shape index (κ3) is 2.70. The SMILES string of the molecule is CCNc1cc(N2CC(OC)C(OC)C2)ncn1. The number of aromatic nitrogens is 2. The molecular weight excluding hydrogens is 232 g/mol. The fraction of sp³-hybridized carbons (Fsp3) is 0.667. The highest BCUT2D eigenvalue weighted by Gasteiger charge is 2.33. The van der Waals surface area contributed by atoms with E-state index in [1.54, 1.807) is 20.5 Å². The van der Waals surface area contributed by atoms with Crippen molar-refractivity contribution in [3.8, 4) is 0 Å². The van der Waals surface area contributed by atoms with Crippen molar-refractivity contribution < 1.29 is 9.47 Å². The molecule has 0 bridgehead atoms. The summed E-state index contributed by atoms with van der Waals surface area (Å²) in [6, 6.07) is 1.95. The van der Waals surface area contributed by atoms with Crippen LogP contribution in [0, 0.1) is 0 Å². The summed E-state index contributed by atoms with van der Waals surface area (Å²) >= 11 is 0. The minimum absolute atomic E-state index is 0.0903. The maximum Gasteiger partial charge on any atom is 0.134 e. The molecule has 2 unspecified atom stereocenters. The molecule has 0 radical (unpaired) electrons. The number of anilines is 2. The zero-order chi connectivity index (χ0) is 13.0. The molecule has 100 valence electrons. The summed E-state index contributed by atoms with van der Waals surface area (Å²) < 4.78 is 10.8. The lowest BCUT2D eigenvalue weighted by Crippen LogP contribution is -2.27. The van der Waals surface area contributed by atoms with Crippen LogP contribution in [0.5, 0.6) is 0 Å². The van der Waals surface area contributed by atoms with Crippen LogP contribution >= 0.6 is 0 Å². The maximum atomic E-state index is 5.42. The molecule has 18 heavy (non-hydrogen) atoms. The molecule has 1 saturated heterocycles. The van der Waals surface area contributed by atoms with Gasteiger partial charge in [-0.25, -0.2) is 9.97 Å². The summed E-state index contributed by atoms with van der Waals surface area (Å²) in [5, 5.41) is 3.18. The number of ether oxygens (including phenoxy) is 2. The topological polar surface area (TPSA) is 59.5 Å². The standard InChI is InChI=1S/C12H20N4O2/c1-4-13-11-5-12(15-8-14-11)16-6-9(17-2)10(7-16)18-3/h5,8-10H,4,6-7H2,1-3H3,(H,13,14,15). The Morgan fingerprint density at radius 3 is 2.50 bits per heavy atom. The highest BCUT2D eigenvalue weighted by atomic mass is 16.5. The van der Waals surface area contributed by atoms with E-state index in [4.69, 9.17) is 9.47 Å². The van der Waals surface area contributed by atoms with Gasteiger partial charge in [0.2, 0.25) is 0 Å². The van der Waals surface area contributed by atoms with Gasteiger partial charge < -0.3 is 19.7 Å². The molecule has 0 saturated carbocycles. The fourth-order valence-electron chi connectivity index (χ4n) is 2.18. The summed E-state index contributed by atoms with van der Waals surface area (Å²) in [4.78, 5) is 10.6. The number of nitrogens with one attached hydrogen (secondary N) is 1. The van der Waals surface area contributed by atoms with Crippen LogP contribution in [0.4, 0.5) is 11.6 Å². The average molecular weight is 252 g/mol. The number of hydrogen-bond donors (Lipinski definition) is 1. The van der Waals surface area contributed by atoms with Gasteiger partial charge in [-0.05, 0) is 6.92 Å². The van der Waals surface area contributed by atoms with E-state index in [1.807, 2.05) is 13.0 Å². The largest absolute Gasteiger partial charge is 0.377 e. The lowest BCUT2D eigenvalue weighted by atomic mass is 10.3. The van der Waals surface area contributed by atoms with Gasteiger partial charge >= 0.3 is 0 Å². The van der Waals surface area contributed by atoms with Gasteiger partial charge in [-0.3, -0.25) is 0 Å². The molecule has 1 aliphatic heterocycles. The number of hydrogen-bond acceptors (Lipinski definition) is 6. The minimum Gasteiger partial charge on any atom is -0.377 e. The van der Waals surface area contributed by atoms with E-state index in [1.165, 1.54) is 0 Å². The fourth-order valence-corrected chi connectivity index (χ4v) is 2.18. The number of methoxy groups -OCH3 is 2. The monoisotopic (exact) mass is 252 g/mol. The van der Waals surface area contributed by atoms with E-state index in [-0.39, 0.29) is 12.2 Å². The summed E-state index contributed by atoms with van der Waals surface area (Å²) in [6.07, 6.45) is 1.76. The third-order valence-electron chi connectivity index (χ3n) is 3.16. The summed E-state index contributed by atoms with van der Waals surface area (Å²) in [7, 11) is 3.43. The first-order chi connectivity index (χ1) is 8.78. The van der Waals surface area contributed by atoms with Crippen molar-refractivity contribution in [1.82, 2.24) is 9.97 Å². The van der Waals surface area contributed by atoms with Gasteiger partial charge in [0.15, 0.2) is 0 Å². The Morgan fingerprint density at radius 2 is 1.94 bits per heavy atom. The Morgan fingerprint density at radius 1 is 1.28 bits per heavy atom. The molecule has 1 N–H and O–H groups in total. The second-order valence-corrected chi connectivity index (χ2v) is 4.25. The Kier molecular flexibility index (Phi) is 4.33. The smallest absolute Gasteiger partial charge is 0.134 e. The van der Waals surface area contributed by atoms with Crippen LogP contribution < -0.4 is 10.2 Å². The Labute approximate surface area is 107 Å². The quantitative estimate of drug-likeness (QED) is 0.835. The molecule has 1 aromatic heterocycles. The van der Waals surface area contributed by atoms with Gasteiger partial charge in [-0.15, -0.1) is 0 Å². The molecule has 2 heterocycles. The van der Waals surface area contributed by atoms with Crippen LogP contribution in [-0.4, -0.2) is 56.0 Å². The Balaban J connectivity index is 2.10. The first-order valence-corrected chi connectivity index (χ1v) is 6.15. The van der Waals surface area contributed by atoms with Crippen molar-refractivity contribution >= 4 is 11.6 Å². The van der Waals surface area contributed by atoms with E-state index in [9.17, 15) is 0 Å². The predicted octanol–water partition coefficient (Wildman–Crippen LogP) is 0.758. The van der Waals surface area contributed by atoms with Gasteiger partial charge in [-0.1, -0.05) is 0 Å². The van der Waals surface area contributed by atoms with Crippen molar-refractivity contribution in [1.29, 1.82) is 0 Å². The highest BCUT2D eigenvalue weighted by Crippen LogP contribution is 2.22. The molecule has 6 nitrogen and oxygen atoms in total. The molecule has 1 aliphatic rings. The Bertz CT molecular complexity index is 376. The molecular formula is C12H20N4O2. The predicted molar refractivity (Wildman–Crippen MR) is 70.0 cm³/mol. The van der Waals surface area contributed by atoms with Gasteiger partial charge in [0, 0.05) is 39.9 Å². The second kappa shape index (κ2) is 5.97. The van der Waals surface area contributed by atoms with Gasteiger partial charge in [0.1, 0.15) is 30.2 Å². The summed E-state index contributed by atoms with van der Waals surface area (Å²) in [5.41, 5.74) is 0. The summed E-state index contributed by atoms with van der Waals surface area (Å²) in [5.74, 6) is 1.75. The molecule has 0 amide bonds. The van der Waals surface area contributed by atoms with Gasteiger partial charge in [0.05, 0.1) is 0 Å². The third-order valence-corrected chi connectivity index (χ3v) is 3.16. The molecule has 0 spiro atoms. The minimum atomic E-state index is 0.0903. The van der Waals surface area contributed by atoms with E-state index in [0.717, 1.165) is 31.3 Å². The van der Waals surface area contributed by atoms with Crippen LogP contribution in [0.25, 0.3) is 0 Å². The van der Waals surface area contributed by atoms with Crippen LogP contribution in [0.1, 0.15) is 6.92 Å². The van der Waals surface area contributed by atoms with Crippen LogP contribution in [0.2, 0.25) is 0 Å². The molecule has 2 atom stereocenters. The lowest BCUT2D eigenvalue weighted by Gasteiger charge is -2.17. The molecule has 2 rings (SSSR count). The van der Waals surface area contributed by atoms with Crippen molar-refractivity contribution in [2.45, 2.75) is 19.1 Å². The van der Waals surface area contributed by atoms with Gasteiger partial charge in [0.25, 0.3) is 0 Å². The van der Waals surface area contributed by atoms with Gasteiger partial charge in [-0.2, -0.15) is 0 Å². The maximum absolute atomic E-state index is 5.42. The number of rotatable bonds is 5. The first-order valence-electron chi connectivity index (χ1n) is 6.15. The van der Waals surface area contributed by atoms with Crippen molar-refractivity contribution in [3.63, 3.8) is 0 Å². The highest BCUT2D eigenvalue weighted by molar-refractivity contribution is 5.49. The van der Waals surface area contributed by atoms with Crippen LogP contribution in [-0.2, 0) is 9.47 Å². The molecule has 1 aromatic rings. The lowest BCUT2D eigenvalue weighted by molar-refractivity contribution is -0.00461. The Hall–Kier alpha value is -1.40. The second-order valence-electron chi connectivity index (χ2n) is 4.25. The van der Waals surface area contributed by atoms with E-state index >= 15 is 0 Å². The van der Waals surface area contributed by atoms with Crippen molar-refractivity contribution in [2.75, 3.05) is 44.1 Å². The molecule has 0 aliphatic carbocycles. The van der Waals surface area contributed by atoms with Crippen molar-refractivity contribution in [3.05, 3.63) is 12.4 Å². The van der Waals surface area contributed by atoms with E-state index in [0.29, 0.717) is 0 Å². The first kappa shape index (κ1) is 13.0. The van der Waals surface area contributed by atoms with Crippen LogP contribution in [0.15, 0.2) is 12.4 Å². The average Bonchev–Trinajstić information content (AvgIpc) is 2.82. The van der Waals surface area contributed by atoms with Crippen LogP contribution in [0.3, 0.4) is 0 Å². The van der Waals surface area contributed by atoms with Crippen molar-refractivity contribution in [2.24, 2.45) is 0 Å². The molecule has 0 aromatic carbocycles. The number of nitrogens with zero attached hydrogens (tertiary/aromatic N) is 3. The normalized spacial score (nSPS) is 23.4. The summed E-state index contributed by atoms with van der Waals surface area (Å²) in [6.45, 7) is 4.46. The molecule has 1 fully saturated rings. The zero-order valence-electron chi connectivity index (χ0n) is 11.1. The van der Waals surface area contributed by atoms with E-state index < -0.39 is 0 Å². The van der Waals surface area contributed by atoms with E-state index in [2.05, 4.69) is 20.2 Å². The molecule has 6 heteroatoms. The zero-order valence-corrected chi connectivity index (χ0v) is 11.1.